The molecule has 2 aromatic rings. The molecule has 3 rings (SSSR count). The molecule has 0 aliphatic heterocycles. The molecule has 4 nitrogen and oxygen atoms in total. The highest BCUT2D eigenvalue weighted by atomic mass is 31.2. The lowest BCUT2D eigenvalue weighted by Gasteiger charge is -2.39. The molecule has 5 heteroatoms. The maximum Gasteiger partial charge on any atom is 0.263 e. The molecular formula is C27H38NO3P. The van der Waals surface area contributed by atoms with Gasteiger partial charge in [0.15, 0.2) is 5.85 Å². The topological polar surface area (TPSA) is 49.8 Å². The minimum absolute atomic E-state index is 0.127. The summed E-state index contributed by atoms with van der Waals surface area (Å²) in [4.78, 5) is 2.00. The summed E-state index contributed by atoms with van der Waals surface area (Å²) in [5.74, 6) is 0.0921. The Morgan fingerprint density at radius 2 is 1.72 bits per heavy atom. The minimum atomic E-state index is -3.57. The van der Waals surface area contributed by atoms with Gasteiger partial charge in [0.05, 0.1) is 6.10 Å². The van der Waals surface area contributed by atoms with Crippen LogP contribution in [-0.2, 0) is 9.09 Å². The quantitative estimate of drug-likeness (QED) is 0.484. The molecule has 0 heterocycles. The third kappa shape index (κ3) is 5.92. The van der Waals surface area contributed by atoms with E-state index in [4.69, 9.17) is 4.52 Å². The van der Waals surface area contributed by atoms with Crippen LogP contribution in [0.3, 0.4) is 0 Å². The molecule has 0 saturated heterocycles. The van der Waals surface area contributed by atoms with Crippen molar-refractivity contribution in [2.75, 3.05) is 19.0 Å². The molecule has 0 aromatic heterocycles. The number of hydrogen-bond acceptors (Lipinski definition) is 4. The summed E-state index contributed by atoms with van der Waals surface area (Å²) in [7, 11) is 0.371. The fraction of sp³-hybridized carbons (Fsp3) is 0.481. The monoisotopic (exact) mass is 455 g/mol. The molecule has 0 spiro atoms. The Morgan fingerprint density at radius 1 is 1.06 bits per heavy atom. The highest BCUT2D eigenvalue weighted by molar-refractivity contribution is 7.67. The van der Waals surface area contributed by atoms with Gasteiger partial charge in [-0.1, -0.05) is 63.6 Å². The lowest BCUT2D eigenvalue weighted by atomic mass is 9.75. The first-order chi connectivity index (χ1) is 15.2. The Hall–Kier alpha value is -1.87. The van der Waals surface area contributed by atoms with Crippen LogP contribution in [0.15, 0.2) is 60.7 Å². The number of hydrogen-bond donors (Lipinski definition) is 1. The van der Waals surface area contributed by atoms with E-state index in [1.54, 1.807) is 6.08 Å². The zero-order chi connectivity index (χ0) is 23.3. The van der Waals surface area contributed by atoms with Crippen LogP contribution in [0.2, 0.25) is 0 Å². The van der Waals surface area contributed by atoms with E-state index in [0.29, 0.717) is 23.1 Å². The maximum atomic E-state index is 14.4. The second-order valence-electron chi connectivity index (χ2n) is 9.66. The average Bonchev–Trinajstić information content (AvgIpc) is 2.78. The van der Waals surface area contributed by atoms with Crippen LogP contribution in [0.4, 0.5) is 5.69 Å². The first-order valence-corrected chi connectivity index (χ1v) is 13.4. The van der Waals surface area contributed by atoms with Crippen molar-refractivity contribution in [1.29, 1.82) is 0 Å². The average molecular weight is 456 g/mol. The van der Waals surface area contributed by atoms with E-state index in [1.165, 1.54) is 6.42 Å². The molecule has 1 aliphatic carbocycles. The fourth-order valence-corrected chi connectivity index (χ4v) is 6.62. The van der Waals surface area contributed by atoms with E-state index in [1.807, 2.05) is 79.7 Å². The van der Waals surface area contributed by atoms with Crippen molar-refractivity contribution >= 4 is 24.4 Å². The Balaban J connectivity index is 1.96. The van der Waals surface area contributed by atoms with E-state index in [9.17, 15) is 9.67 Å². The van der Waals surface area contributed by atoms with E-state index < -0.39 is 13.2 Å². The molecule has 5 atom stereocenters. The summed E-state index contributed by atoms with van der Waals surface area (Å²) in [5, 5.41) is 11.8. The van der Waals surface area contributed by atoms with E-state index in [-0.39, 0.29) is 6.10 Å². The molecular weight excluding hydrogens is 417 g/mol. The summed E-state index contributed by atoms with van der Waals surface area (Å²) < 4.78 is 20.9. The number of nitrogens with zero attached hydrogens (tertiary/aromatic N) is 1. The van der Waals surface area contributed by atoms with Crippen LogP contribution < -0.4 is 10.2 Å². The summed E-state index contributed by atoms with van der Waals surface area (Å²) in [6.45, 7) is 6.65. The largest absolute Gasteiger partial charge is 0.378 e. The summed E-state index contributed by atoms with van der Waals surface area (Å²) in [6, 6.07) is 17.3. The van der Waals surface area contributed by atoms with Gasteiger partial charge in [-0.05, 0) is 66.5 Å². The molecule has 0 bridgehead atoms. The molecule has 1 N–H and O–H groups in total. The van der Waals surface area contributed by atoms with Crippen molar-refractivity contribution < 1.29 is 14.2 Å². The molecule has 0 unspecified atom stereocenters. The fourth-order valence-electron chi connectivity index (χ4n) is 4.55. The third-order valence-corrected chi connectivity index (χ3v) is 9.06. The molecule has 1 fully saturated rings. The molecule has 2 aromatic carbocycles. The van der Waals surface area contributed by atoms with Crippen LogP contribution in [0.25, 0.3) is 6.08 Å². The number of benzene rings is 2. The predicted molar refractivity (Wildman–Crippen MR) is 136 cm³/mol. The van der Waals surface area contributed by atoms with Crippen LogP contribution in [-0.4, -0.2) is 31.2 Å². The Morgan fingerprint density at radius 3 is 2.31 bits per heavy atom. The van der Waals surface area contributed by atoms with Crippen LogP contribution in [0.1, 0.15) is 45.6 Å². The van der Waals surface area contributed by atoms with Crippen molar-refractivity contribution in [2.24, 2.45) is 17.8 Å². The third-order valence-electron chi connectivity index (χ3n) is 6.59. The lowest BCUT2D eigenvalue weighted by Crippen LogP contribution is -2.35. The zero-order valence-electron chi connectivity index (χ0n) is 20.0. The van der Waals surface area contributed by atoms with Crippen LogP contribution in [0.5, 0.6) is 0 Å². The first-order valence-electron chi connectivity index (χ1n) is 11.7. The van der Waals surface area contributed by atoms with Gasteiger partial charge in [0.2, 0.25) is 0 Å². The standard InChI is InChI=1S/C27H38NO3P/c1-20(2)25-17-11-21(3)19-26(25)31-32(30,24-15-13-23(14-16-24)28(4)5)27(29)18-12-22-9-7-6-8-10-22/h6-10,12-16,18,20-21,25-27,29H,11,17,19H2,1-5H3/b18-12+/t21-,25-,26-,27-,32-/m1/s1. The SMILES string of the molecule is CC(C)[C@H]1CC[C@@H](C)C[C@H]1O[P@](=O)(c1ccc(N(C)C)cc1)[C@@H](O)/C=C/c1ccccc1. The van der Waals surface area contributed by atoms with Gasteiger partial charge >= 0.3 is 0 Å². The molecule has 0 radical (unpaired) electrons. The van der Waals surface area contributed by atoms with E-state index in [2.05, 4.69) is 20.8 Å². The number of aliphatic hydroxyl groups is 1. The summed E-state index contributed by atoms with van der Waals surface area (Å²) in [5.41, 5.74) is 1.97. The minimum Gasteiger partial charge on any atom is -0.378 e. The second-order valence-corrected chi connectivity index (χ2v) is 12.1. The van der Waals surface area contributed by atoms with Gasteiger partial charge in [-0.3, -0.25) is 4.57 Å². The van der Waals surface area contributed by atoms with Gasteiger partial charge in [-0.15, -0.1) is 0 Å². The van der Waals surface area contributed by atoms with Gasteiger partial charge in [0.1, 0.15) is 0 Å². The van der Waals surface area contributed by atoms with Crippen molar-refractivity contribution in [3.05, 3.63) is 66.2 Å². The molecule has 1 saturated carbocycles. The first kappa shape index (κ1) is 24.8. The van der Waals surface area contributed by atoms with Gasteiger partial charge < -0.3 is 14.5 Å². The van der Waals surface area contributed by atoms with Crippen molar-refractivity contribution in [1.82, 2.24) is 0 Å². The van der Waals surface area contributed by atoms with Gasteiger partial charge in [-0.25, -0.2) is 0 Å². The molecule has 0 amide bonds. The predicted octanol–water partition coefficient (Wildman–Crippen LogP) is 6.17. The van der Waals surface area contributed by atoms with E-state index in [0.717, 1.165) is 24.1 Å². The second kappa shape index (κ2) is 10.8. The number of aliphatic hydroxyl groups excluding tert-OH is 1. The Labute approximate surface area is 193 Å². The van der Waals surface area contributed by atoms with Crippen molar-refractivity contribution in [3.8, 4) is 0 Å². The maximum absolute atomic E-state index is 14.4. The van der Waals surface area contributed by atoms with E-state index >= 15 is 0 Å². The zero-order valence-corrected chi connectivity index (χ0v) is 20.9. The van der Waals surface area contributed by atoms with Crippen LogP contribution >= 0.6 is 7.37 Å². The molecule has 1 aliphatic rings. The van der Waals surface area contributed by atoms with Crippen molar-refractivity contribution in [3.63, 3.8) is 0 Å². The van der Waals surface area contributed by atoms with Crippen molar-refractivity contribution in [2.45, 2.75) is 52.0 Å². The lowest BCUT2D eigenvalue weighted by molar-refractivity contribution is 0.0448. The number of anilines is 1. The Kier molecular flexibility index (Phi) is 8.38. The summed E-state index contributed by atoms with van der Waals surface area (Å²) >= 11 is 0. The van der Waals surface area contributed by atoms with Gasteiger partial charge in [0, 0.05) is 25.1 Å². The molecule has 174 valence electrons. The normalized spacial score (nSPS) is 24.4. The number of rotatable bonds is 8. The smallest absolute Gasteiger partial charge is 0.263 e. The highest BCUT2D eigenvalue weighted by Crippen LogP contribution is 2.54. The van der Waals surface area contributed by atoms with Gasteiger partial charge in [0.25, 0.3) is 7.37 Å². The molecule has 32 heavy (non-hydrogen) atoms. The Bertz CT molecular complexity index is 924. The van der Waals surface area contributed by atoms with Gasteiger partial charge in [-0.2, -0.15) is 0 Å². The highest BCUT2D eigenvalue weighted by Gasteiger charge is 2.41. The summed E-state index contributed by atoms with van der Waals surface area (Å²) in [6.07, 6.45) is 6.42. The van der Waals surface area contributed by atoms with Crippen LogP contribution in [0, 0.1) is 17.8 Å².